The predicted molar refractivity (Wildman–Crippen MR) is 75.9 cm³/mol. The number of rotatable bonds is 4. The van der Waals surface area contributed by atoms with E-state index in [1.165, 1.54) is 5.56 Å². The lowest BCUT2D eigenvalue weighted by molar-refractivity contribution is -0.132. The SMILES string of the molecule is Cc1[nH]nc(CCC(=O)N2CC=CC2C(C)C)c1C. The van der Waals surface area contributed by atoms with Crippen LogP contribution in [0, 0.1) is 19.8 Å². The maximum atomic E-state index is 12.3. The van der Waals surface area contributed by atoms with Crippen LogP contribution in [-0.4, -0.2) is 33.6 Å². The van der Waals surface area contributed by atoms with E-state index < -0.39 is 0 Å². The first-order valence-corrected chi connectivity index (χ1v) is 6.97. The van der Waals surface area contributed by atoms with Crippen LogP contribution < -0.4 is 0 Å². The number of hydrogen-bond donors (Lipinski definition) is 1. The van der Waals surface area contributed by atoms with Crippen molar-refractivity contribution in [1.82, 2.24) is 15.1 Å². The quantitative estimate of drug-likeness (QED) is 0.846. The first-order chi connectivity index (χ1) is 9.00. The van der Waals surface area contributed by atoms with Gasteiger partial charge in [-0.25, -0.2) is 0 Å². The van der Waals surface area contributed by atoms with Crippen molar-refractivity contribution in [3.05, 3.63) is 29.1 Å². The summed E-state index contributed by atoms with van der Waals surface area (Å²) in [5, 5.41) is 7.23. The van der Waals surface area contributed by atoms with Crippen LogP contribution in [0.4, 0.5) is 0 Å². The van der Waals surface area contributed by atoms with Crippen molar-refractivity contribution in [2.45, 2.75) is 46.6 Å². The van der Waals surface area contributed by atoms with Crippen molar-refractivity contribution in [1.29, 1.82) is 0 Å². The number of aryl methyl sites for hydroxylation is 2. The van der Waals surface area contributed by atoms with Crippen LogP contribution in [0.1, 0.15) is 37.2 Å². The van der Waals surface area contributed by atoms with Gasteiger partial charge in [0.25, 0.3) is 0 Å². The van der Waals surface area contributed by atoms with E-state index in [4.69, 9.17) is 0 Å². The molecular weight excluding hydrogens is 238 g/mol. The van der Waals surface area contributed by atoms with Crippen LogP contribution in [0.25, 0.3) is 0 Å². The van der Waals surface area contributed by atoms with Crippen LogP contribution in [0.15, 0.2) is 12.2 Å². The molecule has 104 valence electrons. The topological polar surface area (TPSA) is 49.0 Å². The lowest BCUT2D eigenvalue weighted by atomic mass is 10.0. The summed E-state index contributed by atoms with van der Waals surface area (Å²) in [4.78, 5) is 14.3. The fourth-order valence-corrected chi connectivity index (χ4v) is 2.54. The summed E-state index contributed by atoms with van der Waals surface area (Å²) in [6, 6.07) is 0.259. The summed E-state index contributed by atoms with van der Waals surface area (Å²) in [5.41, 5.74) is 3.28. The Morgan fingerprint density at radius 3 is 2.84 bits per heavy atom. The Bertz CT molecular complexity index is 488. The maximum absolute atomic E-state index is 12.3. The Balaban J connectivity index is 1.93. The van der Waals surface area contributed by atoms with Gasteiger partial charge >= 0.3 is 0 Å². The van der Waals surface area contributed by atoms with E-state index in [0.717, 1.165) is 24.4 Å². The molecule has 1 aliphatic rings. The molecule has 0 radical (unpaired) electrons. The van der Waals surface area contributed by atoms with Crippen LogP contribution in [-0.2, 0) is 11.2 Å². The summed E-state index contributed by atoms with van der Waals surface area (Å²) < 4.78 is 0. The van der Waals surface area contributed by atoms with Gasteiger partial charge in [0.05, 0.1) is 11.7 Å². The highest BCUT2D eigenvalue weighted by Gasteiger charge is 2.26. The third kappa shape index (κ3) is 2.88. The van der Waals surface area contributed by atoms with E-state index in [2.05, 4.69) is 36.2 Å². The van der Waals surface area contributed by atoms with Crippen molar-refractivity contribution in [2.75, 3.05) is 6.54 Å². The normalized spacial score (nSPS) is 18.6. The van der Waals surface area contributed by atoms with Gasteiger partial charge in [-0.1, -0.05) is 26.0 Å². The standard InChI is InChI=1S/C15H23N3O/c1-10(2)14-6-5-9-18(14)15(19)8-7-13-11(3)12(4)16-17-13/h5-6,10,14H,7-9H2,1-4H3,(H,16,17). The van der Waals surface area contributed by atoms with Crippen molar-refractivity contribution in [3.8, 4) is 0 Å². The van der Waals surface area contributed by atoms with Crippen molar-refractivity contribution in [3.63, 3.8) is 0 Å². The zero-order chi connectivity index (χ0) is 14.0. The number of carbonyl (C=O) groups is 1. The smallest absolute Gasteiger partial charge is 0.223 e. The van der Waals surface area contributed by atoms with Crippen molar-refractivity contribution >= 4 is 5.91 Å². The molecule has 1 aliphatic heterocycles. The molecule has 1 unspecified atom stereocenters. The first-order valence-electron chi connectivity index (χ1n) is 6.97. The minimum Gasteiger partial charge on any atom is -0.332 e. The molecule has 0 fully saturated rings. The lowest BCUT2D eigenvalue weighted by Gasteiger charge is -2.27. The molecule has 0 spiro atoms. The number of H-pyrrole nitrogens is 1. The molecule has 1 amide bonds. The highest BCUT2D eigenvalue weighted by molar-refractivity contribution is 5.77. The molecule has 0 aliphatic carbocycles. The highest BCUT2D eigenvalue weighted by atomic mass is 16.2. The summed E-state index contributed by atoms with van der Waals surface area (Å²) >= 11 is 0. The van der Waals surface area contributed by atoms with Gasteiger partial charge in [0.2, 0.25) is 5.91 Å². The van der Waals surface area contributed by atoms with E-state index in [9.17, 15) is 4.79 Å². The van der Waals surface area contributed by atoms with Gasteiger partial charge in [0, 0.05) is 25.1 Å². The third-order valence-corrected chi connectivity index (χ3v) is 3.93. The van der Waals surface area contributed by atoms with Crippen molar-refractivity contribution < 1.29 is 4.79 Å². The van der Waals surface area contributed by atoms with E-state index >= 15 is 0 Å². The summed E-state index contributed by atoms with van der Waals surface area (Å²) in [5.74, 6) is 0.695. The van der Waals surface area contributed by atoms with E-state index in [1.54, 1.807) is 0 Å². The molecule has 1 atom stereocenters. The average Bonchev–Trinajstić information content (AvgIpc) is 2.96. The molecule has 4 nitrogen and oxygen atoms in total. The molecule has 2 rings (SSSR count). The molecule has 4 heteroatoms. The largest absolute Gasteiger partial charge is 0.332 e. The number of aromatic nitrogens is 2. The number of aromatic amines is 1. The van der Waals surface area contributed by atoms with Gasteiger partial charge in [-0.3, -0.25) is 9.89 Å². The predicted octanol–water partition coefficient (Wildman–Crippen LogP) is 2.38. The molecule has 0 aromatic carbocycles. The van der Waals surface area contributed by atoms with Crippen molar-refractivity contribution in [2.24, 2.45) is 5.92 Å². The minimum absolute atomic E-state index is 0.226. The first kappa shape index (κ1) is 13.8. The Kier molecular flexibility index (Phi) is 4.08. The maximum Gasteiger partial charge on any atom is 0.223 e. The Morgan fingerprint density at radius 1 is 1.53 bits per heavy atom. The van der Waals surface area contributed by atoms with Gasteiger partial charge in [0.1, 0.15) is 0 Å². The minimum atomic E-state index is 0.226. The molecule has 2 heterocycles. The monoisotopic (exact) mass is 261 g/mol. The second-order valence-corrected chi connectivity index (χ2v) is 5.63. The summed E-state index contributed by atoms with van der Waals surface area (Å²) in [6.45, 7) is 9.11. The lowest BCUT2D eigenvalue weighted by Crippen LogP contribution is -2.39. The Hall–Kier alpha value is -1.58. The number of nitrogens with one attached hydrogen (secondary N) is 1. The number of hydrogen-bond acceptors (Lipinski definition) is 2. The average molecular weight is 261 g/mol. The highest BCUT2D eigenvalue weighted by Crippen LogP contribution is 2.19. The van der Waals surface area contributed by atoms with Crippen LogP contribution in [0.3, 0.4) is 0 Å². The van der Waals surface area contributed by atoms with Gasteiger partial charge in [0.15, 0.2) is 0 Å². The summed E-state index contributed by atoms with van der Waals surface area (Å²) in [7, 11) is 0. The number of carbonyl (C=O) groups excluding carboxylic acids is 1. The molecule has 1 N–H and O–H groups in total. The van der Waals surface area contributed by atoms with E-state index in [-0.39, 0.29) is 11.9 Å². The van der Waals surface area contributed by atoms with Gasteiger partial charge in [-0.2, -0.15) is 5.10 Å². The van der Waals surface area contributed by atoms with E-state index in [1.807, 2.05) is 18.7 Å². The van der Waals surface area contributed by atoms with Gasteiger partial charge in [-0.15, -0.1) is 0 Å². The molecule has 0 saturated heterocycles. The van der Waals surface area contributed by atoms with Gasteiger partial charge < -0.3 is 4.90 Å². The second-order valence-electron chi connectivity index (χ2n) is 5.63. The van der Waals surface area contributed by atoms with E-state index in [0.29, 0.717) is 12.3 Å². The molecule has 1 aromatic heterocycles. The molecule has 0 bridgehead atoms. The number of amides is 1. The fourth-order valence-electron chi connectivity index (χ4n) is 2.54. The van der Waals surface area contributed by atoms with Crippen LogP contribution >= 0.6 is 0 Å². The molecular formula is C15H23N3O. The number of nitrogens with zero attached hydrogens (tertiary/aromatic N) is 2. The molecule has 1 aromatic rings. The third-order valence-electron chi connectivity index (χ3n) is 3.93. The zero-order valence-corrected chi connectivity index (χ0v) is 12.2. The Morgan fingerprint density at radius 2 is 2.26 bits per heavy atom. The zero-order valence-electron chi connectivity index (χ0n) is 12.2. The second kappa shape index (κ2) is 5.59. The Labute approximate surface area is 114 Å². The fraction of sp³-hybridized carbons (Fsp3) is 0.600. The molecule has 19 heavy (non-hydrogen) atoms. The van der Waals surface area contributed by atoms with Crippen LogP contribution in [0.2, 0.25) is 0 Å². The summed E-state index contributed by atoms with van der Waals surface area (Å²) in [6.07, 6.45) is 5.49. The van der Waals surface area contributed by atoms with Gasteiger partial charge in [-0.05, 0) is 25.3 Å². The molecule has 0 saturated carbocycles. The van der Waals surface area contributed by atoms with Crippen LogP contribution in [0.5, 0.6) is 0 Å².